The van der Waals surface area contributed by atoms with Gasteiger partial charge in [-0.2, -0.15) is 5.10 Å². The molecule has 0 aliphatic carbocycles. The molecule has 2 aromatic carbocycles. The summed E-state index contributed by atoms with van der Waals surface area (Å²) in [6.45, 7) is 0.698. The fourth-order valence-corrected chi connectivity index (χ4v) is 3.17. The number of carbonyl (C=O) groups is 1. The number of nitrogens with zero attached hydrogens (tertiary/aromatic N) is 3. The van der Waals surface area contributed by atoms with Gasteiger partial charge in [-0.25, -0.2) is 4.68 Å². The highest BCUT2D eigenvalue weighted by atomic mass is 16.5. The first-order valence-electron chi connectivity index (χ1n) is 9.68. The highest BCUT2D eigenvalue weighted by Gasteiger charge is 2.17. The lowest BCUT2D eigenvalue weighted by Crippen LogP contribution is -2.36. The van der Waals surface area contributed by atoms with Gasteiger partial charge in [-0.3, -0.25) is 9.59 Å². The first-order valence-corrected chi connectivity index (χ1v) is 9.68. The van der Waals surface area contributed by atoms with Crippen molar-refractivity contribution in [2.45, 2.75) is 12.6 Å². The molecule has 0 saturated heterocycles. The third kappa shape index (κ3) is 5.33. The number of likely N-dealkylation sites (N-methyl/N-ethyl adjacent to an activating group) is 1. The molecule has 7 nitrogen and oxygen atoms in total. The first kappa shape index (κ1) is 21.3. The van der Waals surface area contributed by atoms with Gasteiger partial charge in [-0.1, -0.05) is 42.5 Å². The van der Waals surface area contributed by atoms with Crippen LogP contribution in [-0.4, -0.2) is 48.3 Å². The molecule has 156 valence electrons. The van der Waals surface area contributed by atoms with E-state index in [-0.39, 0.29) is 23.2 Å². The van der Waals surface area contributed by atoms with Crippen molar-refractivity contribution in [2.24, 2.45) is 0 Å². The number of aromatic nitrogens is 2. The smallest absolute Gasteiger partial charge is 0.271 e. The van der Waals surface area contributed by atoms with Crippen LogP contribution in [0.25, 0.3) is 0 Å². The summed E-state index contributed by atoms with van der Waals surface area (Å²) < 4.78 is 6.61. The monoisotopic (exact) mass is 406 g/mol. The predicted octanol–water partition coefficient (Wildman–Crippen LogP) is 2.33. The third-order valence-corrected chi connectivity index (χ3v) is 4.83. The lowest BCUT2D eigenvalue weighted by atomic mass is 10.1. The quantitative estimate of drug-likeness (QED) is 0.621. The van der Waals surface area contributed by atoms with Crippen molar-refractivity contribution in [1.29, 1.82) is 0 Å². The van der Waals surface area contributed by atoms with E-state index in [0.717, 1.165) is 16.9 Å². The van der Waals surface area contributed by atoms with Gasteiger partial charge in [0.15, 0.2) is 0 Å². The second kappa shape index (κ2) is 9.84. The maximum atomic E-state index is 12.7. The molecule has 1 heterocycles. The van der Waals surface area contributed by atoms with E-state index in [1.807, 2.05) is 73.6 Å². The molecule has 0 fully saturated rings. The third-order valence-electron chi connectivity index (χ3n) is 4.83. The molecule has 7 heteroatoms. The van der Waals surface area contributed by atoms with Crippen LogP contribution in [0.2, 0.25) is 0 Å². The fraction of sp³-hybridized carbons (Fsp3) is 0.261. The van der Waals surface area contributed by atoms with Gasteiger partial charge in [0, 0.05) is 12.6 Å². The number of methoxy groups -OCH3 is 1. The Bertz CT molecular complexity index is 1050. The summed E-state index contributed by atoms with van der Waals surface area (Å²) in [5, 5.41) is 7.18. The molecule has 0 spiro atoms. The maximum absolute atomic E-state index is 12.7. The van der Waals surface area contributed by atoms with Crippen molar-refractivity contribution < 1.29 is 9.53 Å². The van der Waals surface area contributed by atoms with Gasteiger partial charge in [-0.05, 0) is 43.4 Å². The Morgan fingerprint density at radius 1 is 1.10 bits per heavy atom. The Labute approximate surface area is 175 Å². The summed E-state index contributed by atoms with van der Waals surface area (Å²) in [5.41, 5.74) is 1.92. The molecule has 0 radical (unpaired) electrons. The summed E-state index contributed by atoms with van der Waals surface area (Å²) in [4.78, 5) is 26.9. The maximum Gasteiger partial charge on any atom is 0.271 e. The summed E-state index contributed by atoms with van der Waals surface area (Å²) in [7, 11) is 5.53. The number of amides is 1. The van der Waals surface area contributed by atoms with Crippen molar-refractivity contribution >= 4 is 5.91 Å². The van der Waals surface area contributed by atoms with Crippen molar-refractivity contribution in [3.05, 3.63) is 93.9 Å². The summed E-state index contributed by atoms with van der Waals surface area (Å²) >= 11 is 0. The Balaban J connectivity index is 1.73. The zero-order chi connectivity index (χ0) is 21.5. The van der Waals surface area contributed by atoms with E-state index >= 15 is 0 Å². The predicted molar refractivity (Wildman–Crippen MR) is 116 cm³/mol. The number of nitrogens with one attached hydrogen (secondary N) is 1. The zero-order valence-electron chi connectivity index (χ0n) is 17.4. The molecule has 1 N–H and O–H groups in total. The minimum Gasteiger partial charge on any atom is -0.497 e. The fourth-order valence-electron chi connectivity index (χ4n) is 3.17. The van der Waals surface area contributed by atoms with Crippen molar-refractivity contribution in [3.63, 3.8) is 0 Å². The lowest BCUT2D eigenvalue weighted by molar-refractivity contribution is 0.0934. The average molecular weight is 406 g/mol. The minimum absolute atomic E-state index is 0.0423. The first-order chi connectivity index (χ1) is 14.5. The van der Waals surface area contributed by atoms with Crippen molar-refractivity contribution in [3.8, 4) is 5.75 Å². The molecule has 0 aliphatic heterocycles. The molecule has 0 saturated carbocycles. The van der Waals surface area contributed by atoms with Crippen molar-refractivity contribution in [1.82, 2.24) is 20.0 Å². The number of rotatable bonds is 8. The standard InChI is InChI=1S/C23H26N4O3/c1-26(2)21(18-10-7-11-19(14-18)30-3)15-24-23(29)20-12-13-22(28)27(25-20)16-17-8-5-4-6-9-17/h4-14,21H,15-16H2,1-3H3,(H,24,29). The van der Waals surface area contributed by atoms with Crippen LogP contribution < -0.4 is 15.6 Å². The van der Waals surface area contributed by atoms with Crippen LogP contribution in [0.4, 0.5) is 0 Å². The zero-order valence-corrected chi connectivity index (χ0v) is 17.4. The van der Waals surface area contributed by atoms with E-state index in [2.05, 4.69) is 10.4 Å². The van der Waals surface area contributed by atoms with Crippen LogP contribution in [-0.2, 0) is 6.54 Å². The van der Waals surface area contributed by atoms with Gasteiger partial charge >= 0.3 is 0 Å². The van der Waals surface area contributed by atoms with E-state index in [1.165, 1.54) is 16.8 Å². The molecule has 3 aromatic rings. The Hall–Kier alpha value is -3.45. The summed E-state index contributed by atoms with van der Waals surface area (Å²) in [6.07, 6.45) is 0. The molecule has 30 heavy (non-hydrogen) atoms. The SMILES string of the molecule is COc1cccc(C(CNC(=O)c2ccc(=O)n(Cc3ccccc3)n2)N(C)C)c1. The normalized spacial score (nSPS) is 11.9. The van der Waals surface area contributed by atoms with E-state index in [1.54, 1.807) is 7.11 Å². The van der Waals surface area contributed by atoms with Gasteiger partial charge in [0.05, 0.1) is 19.7 Å². The molecule has 3 rings (SSSR count). The van der Waals surface area contributed by atoms with E-state index in [0.29, 0.717) is 13.1 Å². The van der Waals surface area contributed by atoms with Crippen LogP contribution >= 0.6 is 0 Å². The van der Waals surface area contributed by atoms with Crippen LogP contribution in [0, 0.1) is 0 Å². The molecule has 1 atom stereocenters. The van der Waals surface area contributed by atoms with Gasteiger partial charge in [-0.15, -0.1) is 0 Å². The largest absolute Gasteiger partial charge is 0.497 e. The highest BCUT2D eigenvalue weighted by molar-refractivity contribution is 5.92. The average Bonchev–Trinajstić information content (AvgIpc) is 2.76. The molecular formula is C23H26N4O3. The second-order valence-corrected chi connectivity index (χ2v) is 7.17. The molecule has 1 aromatic heterocycles. The molecule has 0 bridgehead atoms. The van der Waals surface area contributed by atoms with E-state index < -0.39 is 0 Å². The van der Waals surface area contributed by atoms with E-state index in [9.17, 15) is 9.59 Å². The highest BCUT2D eigenvalue weighted by Crippen LogP contribution is 2.22. The summed E-state index contributed by atoms with van der Waals surface area (Å²) in [6, 6.07) is 20.1. The number of hydrogen-bond acceptors (Lipinski definition) is 5. The van der Waals surface area contributed by atoms with Gasteiger partial charge in [0.25, 0.3) is 11.5 Å². The minimum atomic E-state index is -0.327. The topological polar surface area (TPSA) is 76.5 Å². The second-order valence-electron chi connectivity index (χ2n) is 7.17. The van der Waals surface area contributed by atoms with Crippen LogP contribution in [0.3, 0.4) is 0 Å². The van der Waals surface area contributed by atoms with Crippen LogP contribution in [0.15, 0.2) is 71.5 Å². The Morgan fingerprint density at radius 2 is 1.87 bits per heavy atom. The number of benzene rings is 2. The summed E-state index contributed by atoms with van der Waals surface area (Å²) in [5.74, 6) is 0.437. The van der Waals surface area contributed by atoms with Gasteiger partial charge < -0.3 is 15.0 Å². The number of carbonyl (C=O) groups excluding carboxylic acids is 1. The molecule has 1 unspecified atom stereocenters. The van der Waals surface area contributed by atoms with Gasteiger partial charge in [0.1, 0.15) is 11.4 Å². The van der Waals surface area contributed by atoms with Crippen LogP contribution in [0.5, 0.6) is 5.75 Å². The molecule has 1 amide bonds. The van der Waals surface area contributed by atoms with Gasteiger partial charge in [0.2, 0.25) is 0 Å². The number of ether oxygens (including phenoxy) is 1. The van der Waals surface area contributed by atoms with Crippen molar-refractivity contribution in [2.75, 3.05) is 27.7 Å². The molecule has 0 aliphatic rings. The van der Waals surface area contributed by atoms with Crippen LogP contribution in [0.1, 0.15) is 27.7 Å². The molecular weight excluding hydrogens is 380 g/mol. The lowest BCUT2D eigenvalue weighted by Gasteiger charge is -2.25. The Morgan fingerprint density at radius 3 is 2.57 bits per heavy atom. The number of hydrogen-bond donors (Lipinski definition) is 1. The van der Waals surface area contributed by atoms with E-state index in [4.69, 9.17) is 4.74 Å². The Kier molecular flexibility index (Phi) is 6.98.